The molecular weight excluding hydrogens is 236 g/mol. The molecule has 4 heteroatoms. The summed E-state index contributed by atoms with van der Waals surface area (Å²) in [4.78, 5) is 2.61. The molecule has 1 aromatic rings. The first-order valence-electron chi connectivity index (χ1n) is 7.69. The molecular formula is C15H28N4. The van der Waals surface area contributed by atoms with Crippen LogP contribution in [-0.4, -0.2) is 33.8 Å². The SMILES string of the molecule is CCN(C(C)c1cnn(CC)c1)C1CCCC1CN. The molecule has 1 saturated carbocycles. The van der Waals surface area contributed by atoms with Crippen LogP contribution in [0, 0.1) is 5.92 Å². The minimum atomic E-state index is 0.433. The van der Waals surface area contributed by atoms with Crippen LogP contribution in [0.3, 0.4) is 0 Å². The van der Waals surface area contributed by atoms with Crippen molar-refractivity contribution in [3.05, 3.63) is 18.0 Å². The van der Waals surface area contributed by atoms with Crippen LogP contribution >= 0.6 is 0 Å². The second kappa shape index (κ2) is 6.53. The van der Waals surface area contributed by atoms with Crippen molar-refractivity contribution < 1.29 is 0 Å². The van der Waals surface area contributed by atoms with Gasteiger partial charge in [-0.1, -0.05) is 13.3 Å². The number of aromatic nitrogens is 2. The predicted molar refractivity (Wildman–Crippen MR) is 78.9 cm³/mol. The molecule has 0 bridgehead atoms. The molecule has 1 fully saturated rings. The van der Waals surface area contributed by atoms with Gasteiger partial charge in [0.2, 0.25) is 0 Å². The van der Waals surface area contributed by atoms with Gasteiger partial charge >= 0.3 is 0 Å². The monoisotopic (exact) mass is 264 g/mol. The van der Waals surface area contributed by atoms with E-state index in [9.17, 15) is 0 Å². The number of aryl methyl sites for hydroxylation is 1. The van der Waals surface area contributed by atoms with Gasteiger partial charge < -0.3 is 5.73 Å². The molecule has 0 aromatic carbocycles. The van der Waals surface area contributed by atoms with E-state index in [-0.39, 0.29) is 0 Å². The highest BCUT2D eigenvalue weighted by Gasteiger charge is 2.33. The third-order valence-electron chi connectivity index (χ3n) is 4.67. The Labute approximate surface area is 117 Å². The summed E-state index contributed by atoms with van der Waals surface area (Å²) in [5.41, 5.74) is 7.26. The summed E-state index contributed by atoms with van der Waals surface area (Å²) in [7, 11) is 0. The molecule has 0 amide bonds. The van der Waals surface area contributed by atoms with E-state index < -0.39 is 0 Å². The molecule has 3 unspecified atom stereocenters. The largest absolute Gasteiger partial charge is 0.330 e. The summed E-state index contributed by atoms with van der Waals surface area (Å²) < 4.78 is 2.01. The molecule has 19 heavy (non-hydrogen) atoms. The van der Waals surface area contributed by atoms with Gasteiger partial charge in [-0.2, -0.15) is 5.10 Å². The predicted octanol–water partition coefficient (Wildman–Crippen LogP) is 2.41. The van der Waals surface area contributed by atoms with Crippen molar-refractivity contribution in [1.82, 2.24) is 14.7 Å². The van der Waals surface area contributed by atoms with Crippen LogP contribution in [0.5, 0.6) is 0 Å². The second-order valence-electron chi connectivity index (χ2n) is 5.63. The lowest BCUT2D eigenvalue weighted by molar-refractivity contribution is 0.123. The maximum Gasteiger partial charge on any atom is 0.0537 e. The highest BCUT2D eigenvalue weighted by Crippen LogP contribution is 2.34. The van der Waals surface area contributed by atoms with E-state index in [1.54, 1.807) is 0 Å². The molecule has 0 radical (unpaired) electrons. The van der Waals surface area contributed by atoms with Gasteiger partial charge in [-0.25, -0.2) is 0 Å². The van der Waals surface area contributed by atoms with E-state index >= 15 is 0 Å². The van der Waals surface area contributed by atoms with Crippen molar-refractivity contribution in [2.45, 2.75) is 58.7 Å². The number of rotatable bonds is 6. The average molecular weight is 264 g/mol. The first-order chi connectivity index (χ1) is 9.21. The summed E-state index contributed by atoms with van der Waals surface area (Å²) in [6.45, 7) is 9.52. The number of nitrogens with zero attached hydrogens (tertiary/aromatic N) is 3. The zero-order chi connectivity index (χ0) is 13.8. The third kappa shape index (κ3) is 3.00. The first-order valence-corrected chi connectivity index (χ1v) is 7.69. The number of hydrogen-bond acceptors (Lipinski definition) is 3. The lowest BCUT2D eigenvalue weighted by Gasteiger charge is -2.36. The summed E-state index contributed by atoms with van der Waals surface area (Å²) in [5.74, 6) is 0.670. The van der Waals surface area contributed by atoms with Gasteiger partial charge in [0.25, 0.3) is 0 Å². The van der Waals surface area contributed by atoms with E-state index in [1.807, 2.05) is 10.9 Å². The second-order valence-corrected chi connectivity index (χ2v) is 5.63. The van der Waals surface area contributed by atoms with E-state index in [0.717, 1.165) is 19.6 Å². The van der Waals surface area contributed by atoms with Crippen LogP contribution in [0.25, 0.3) is 0 Å². The molecule has 2 rings (SSSR count). The summed E-state index contributed by atoms with van der Waals surface area (Å²) >= 11 is 0. The Bertz CT molecular complexity index is 387. The van der Waals surface area contributed by atoms with Gasteiger partial charge in [0.15, 0.2) is 0 Å². The smallest absolute Gasteiger partial charge is 0.0537 e. The summed E-state index contributed by atoms with van der Waals surface area (Å²) in [5, 5.41) is 4.40. The Balaban J connectivity index is 2.12. The van der Waals surface area contributed by atoms with Gasteiger partial charge in [0.1, 0.15) is 0 Å². The topological polar surface area (TPSA) is 47.1 Å². The van der Waals surface area contributed by atoms with Crippen LogP contribution in [0.2, 0.25) is 0 Å². The fraction of sp³-hybridized carbons (Fsp3) is 0.800. The van der Waals surface area contributed by atoms with Crippen molar-refractivity contribution in [3.8, 4) is 0 Å². The van der Waals surface area contributed by atoms with Crippen molar-refractivity contribution in [1.29, 1.82) is 0 Å². The van der Waals surface area contributed by atoms with Crippen LogP contribution < -0.4 is 5.73 Å². The molecule has 3 atom stereocenters. The molecule has 1 aliphatic carbocycles. The molecule has 1 aromatic heterocycles. The van der Waals surface area contributed by atoms with E-state index in [1.165, 1.54) is 24.8 Å². The van der Waals surface area contributed by atoms with E-state index in [2.05, 4.69) is 37.0 Å². The molecule has 1 heterocycles. The lowest BCUT2D eigenvalue weighted by Crippen LogP contribution is -2.41. The van der Waals surface area contributed by atoms with E-state index in [4.69, 9.17) is 5.73 Å². The molecule has 1 aliphatic rings. The normalized spacial score (nSPS) is 25.1. The Morgan fingerprint density at radius 1 is 1.47 bits per heavy atom. The quantitative estimate of drug-likeness (QED) is 0.858. The fourth-order valence-corrected chi connectivity index (χ4v) is 3.48. The molecule has 108 valence electrons. The Kier molecular flexibility index (Phi) is 4.99. The average Bonchev–Trinajstić information content (AvgIpc) is 3.08. The van der Waals surface area contributed by atoms with Crippen molar-refractivity contribution in [2.75, 3.05) is 13.1 Å². The Hall–Kier alpha value is -0.870. The third-order valence-corrected chi connectivity index (χ3v) is 4.67. The van der Waals surface area contributed by atoms with Gasteiger partial charge in [-0.3, -0.25) is 9.58 Å². The minimum absolute atomic E-state index is 0.433. The number of nitrogens with two attached hydrogens (primary N) is 1. The standard InChI is InChI=1S/C15H28N4/c1-4-18-11-14(10-17-18)12(3)19(5-2)15-8-6-7-13(15)9-16/h10-13,15H,4-9,16H2,1-3H3. The van der Waals surface area contributed by atoms with Crippen LogP contribution in [0.1, 0.15) is 51.6 Å². The number of hydrogen-bond donors (Lipinski definition) is 1. The van der Waals surface area contributed by atoms with Crippen molar-refractivity contribution in [2.24, 2.45) is 11.7 Å². The van der Waals surface area contributed by atoms with Crippen LogP contribution in [0.4, 0.5) is 0 Å². The Morgan fingerprint density at radius 2 is 2.26 bits per heavy atom. The highest BCUT2D eigenvalue weighted by atomic mass is 15.3. The fourth-order valence-electron chi connectivity index (χ4n) is 3.48. The van der Waals surface area contributed by atoms with Crippen molar-refractivity contribution >= 4 is 0 Å². The maximum atomic E-state index is 5.94. The van der Waals surface area contributed by atoms with Gasteiger partial charge in [0.05, 0.1) is 6.20 Å². The van der Waals surface area contributed by atoms with Gasteiger partial charge in [-0.15, -0.1) is 0 Å². The summed E-state index contributed by atoms with van der Waals surface area (Å²) in [6.07, 6.45) is 8.10. The Morgan fingerprint density at radius 3 is 2.84 bits per heavy atom. The van der Waals surface area contributed by atoms with Gasteiger partial charge in [0, 0.05) is 30.4 Å². The summed E-state index contributed by atoms with van der Waals surface area (Å²) in [6, 6.07) is 1.08. The highest BCUT2D eigenvalue weighted by molar-refractivity contribution is 5.10. The molecule has 4 nitrogen and oxygen atoms in total. The first kappa shape index (κ1) is 14.5. The molecule has 0 aliphatic heterocycles. The zero-order valence-corrected chi connectivity index (χ0v) is 12.5. The maximum absolute atomic E-state index is 5.94. The van der Waals surface area contributed by atoms with Crippen LogP contribution in [-0.2, 0) is 6.54 Å². The van der Waals surface area contributed by atoms with E-state index in [0.29, 0.717) is 18.0 Å². The van der Waals surface area contributed by atoms with Gasteiger partial charge in [-0.05, 0) is 45.7 Å². The van der Waals surface area contributed by atoms with Crippen molar-refractivity contribution in [3.63, 3.8) is 0 Å². The van der Waals surface area contributed by atoms with Crippen LogP contribution in [0.15, 0.2) is 12.4 Å². The zero-order valence-electron chi connectivity index (χ0n) is 12.5. The molecule has 0 saturated heterocycles. The molecule has 2 N–H and O–H groups in total. The lowest BCUT2D eigenvalue weighted by atomic mass is 9.99. The minimum Gasteiger partial charge on any atom is -0.330 e. The molecule has 0 spiro atoms.